The van der Waals surface area contributed by atoms with Gasteiger partial charge in [-0.3, -0.25) is 10.1 Å². The molecule has 1 aromatic heterocycles. The number of rotatable bonds is 4. The highest BCUT2D eigenvalue weighted by Gasteiger charge is 2.31. The molecule has 1 atom stereocenters. The number of aryl methyl sites for hydroxylation is 1. The van der Waals surface area contributed by atoms with Crippen LogP contribution in [0.4, 0.5) is 15.6 Å². The van der Waals surface area contributed by atoms with E-state index < -0.39 is 0 Å². The van der Waals surface area contributed by atoms with Crippen molar-refractivity contribution in [2.24, 2.45) is 0 Å². The minimum atomic E-state index is -0.355. The number of carbonyl (C=O) groups is 2. The SMILES string of the molecule is COc1ccc(N2C[C@@H](NC(=O)Nc3nc4c(C)cccc4s3)CC2=O)cc1. The molecule has 0 saturated carbocycles. The monoisotopic (exact) mass is 396 g/mol. The Kier molecular flexibility index (Phi) is 4.87. The van der Waals surface area contributed by atoms with Crippen LogP contribution in [0.2, 0.25) is 0 Å². The van der Waals surface area contributed by atoms with Gasteiger partial charge in [-0.25, -0.2) is 9.78 Å². The van der Waals surface area contributed by atoms with Crippen LogP contribution < -0.4 is 20.3 Å². The van der Waals surface area contributed by atoms with E-state index in [0.717, 1.165) is 27.2 Å². The van der Waals surface area contributed by atoms with Gasteiger partial charge >= 0.3 is 6.03 Å². The number of hydrogen-bond donors (Lipinski definition) is 2. The largest absolute Gasteiger partial charge is 0.497 e. The lowest BCUT2D eigenvalue weighted by atomic mass is 10.2. The number of hydrogen-bond acceptors (Lipinski definition) is 5. The summed E-state index contributed by atoms with van der Waals surface area (Å²) in [5.41, 5.74) is 2.75. The van der Waals surface area contributed by atoms with Crippen LogP contribution in [0.15, 0.2) is 42.5 Å². The number of carbonyl (C=O) groups excluding carboxylic acids is 2. The van der Waals surface area contributed by atoms with Gasteiger partial charge in [0.25, 0.3) is 0 Å². The maximum absolute atomic E-state index is 12.4. The first-order valence-electron chi connectivity index (χ1n) is 8.91. The van der Waals surface area contributed by atoms with Gasteiger partial charge in [-0.2, -0.15) is 0 Å². The van der Waals surface area contributed by atoms with E-state index in [2.05, 4.69) is 15.6 Å². The van der Waals surface area contributed by atoms with Gasteiger partial charge in [0, 0.05) is 18.7 Å². The Morgan fingerprint density at radius 1 is 1.25 bits per heavy atom. The van der Waals surface area contributed by atoms with Crippen molar-refractivity contribution in [3.05, 3.63) is 48.0 Å². The molecule has 0 radical (unpaired) electrons. The molecule has 2 heterocycles. The van der Waals surface area contributed by atoms with E-state index in [4.69, 9.17) is 4.74 Å². The van der Waals surface area contributed by atoms with Crippen molar-refractivity contribution in [2.75, 3.05) is 23.9 Å². The third-order valence-electron chi connectivity index (χ3n) is 4.69. The van der Waals surface area contributed by atoms with Crippen molar-refractivity contribution in [1.29, 1.82) is 0 Å². The first-order chi connectivity index (χ1) is 13.5. The molecule has 28 heavy (non-hydrogen) atoms. The van der Waals surface area contributed by atoms with Crippen molar-refractivity contribution in [2.45, 2.75) is 19.4 Å². The van der Waals surface area contributed by atoms with E-state index in [9.17, 15) is 9.59 Å². The second kappa shape index (κ2) is 7.47. The third kappa shape index (κ3) is 3.63. The quantitative estimate of drug-likeness (QED) is 0.707. The van der Waals surface area contributed by atoms with Gasteiger partial charge in [0.05, 0.1) is 23.4 Å². The normalized spacial score (nSPS) is 16.4. The number of thiazole rings is 1. The number of ether oxygens (including phenoxy) is 1. The molecule has 7 nitrogen and oxygen atoms in total. The summed E-state index contributed by atoms with van der Waals surface area (Å²) >= 11 is 1.43. The zero-order valence-corrected chi connectivity index (χ0v) is 16.4. The molecular formula is C20H20N4O3S. The number of amides is 3. The second-order valence-corrected chi connectivity index (χ2v) is 7.67. The van der Waals surface area contributed by atoms with Crippen LogP contribution in [0, 0.1) is 6.92 Å². The molecule has 8 heteroatoms. The highest BCUT2D eigenvalue weighted by Crippen LogP contribution is 2.28. The molecule has 1 aliphatic heterocycles. The summed E-state index contributed by atoms with van der Waals surface area (Å²) in [6.45, 7) is 2.42. The first kappa shape index (κ1) is 18.2. The highest BCUT2D eigenvalue weighted by molar-refractivity contribution is 7.22. The molecule has 2 aromatic carbocycles. The van der Waals surface area contributed by atoms with Crippen LogP contribution in [0.1, 0.15) is 12.0 Å². The van der Waals surface area contributed by atoms with E-state index in [0.29, 0.717) is 11.7 Å². The number of methoxy groups -OCH3 is 1. The Morgan fingerprint density at radius 3 is 2.75 bits per heavy atom. The predicted octanol–water partition coefficient (Wildman–Crippen LogP) is 3.54. The molecule has 3 aromatic rings. The van der Waals surface area contributed by atoms with Gasteiger partial charge in [0.2, 0.25) is 5.91 Å². The van der Waals surface area contributed by atoms with E-state index >= 15 is 0 Å². The average Bonchev–Trinajstić information content (AvgIpc) is 3.25. The summed E-state index contributed by atoms with van der Waals surface area (Å²) in [5.74, 6) is 0.710. The van der Waals surface area contributed by atoms with Crippen molar-refractivity contribution in [1.82, 2.24) is 10.3 Å². The number of anilines is 2. The summed E-state index contributed by atoms with van der Waals surface area (Å²) in [5, 5.41) is 6.19. The molecular weight excluding hydrogens is 376 g/mol. The fourth-order valence-electron chi connectivity index (χ4n) is 3.27. The fourth-order valence-corrected chi connectivity index (χ4v) is 4.21. The number of nitrogens with zero attached hydrogens (tertiary/aromatic N) is 2. The van der Waals surface area contributed by atoms with Crippen LogP contribution in [-0.2, 0) is 4.79 Å². The van der Waals surface area contributed by atoms with Crippen molar-refractivity contribution in [3.63, 3.8) is 0 Å². The lowest BCUT2D eigenvalue weighted by molar-refractivity contribution is -0.117. The van der Waals surface area contributed by atoms with E-state index in [-0.39, 0.29) is 24.4 Å². The third-order valence-corrected chi connectivity index (χ3v) is 5.62. The zero-order chi connectivity index (χ0) is 19.7. The molecule has 0 unspecified atom stereocenters. The fraction of sp³-hybridized carbons (Fsp3) is 0.250. The zero-order valence-electron chi connectivity index (χ0n) is 15.6. The van der Waals surface area contributed by atoms with Crippen molar-refractivity contribution in [3.8, 4) is 5.75 Å². The number of benzene rings is 2. The molecule has 0 bridgehead atoms. The van der Waals surface area contributed by atoms with Crippen LogP contribution in [0.5, 0.6) is 5.75 Å². The molecule has 144 valence electrons. The van der Waals surface area contributed by atoms with Gasteiger partial charge in [-0.15, -0.1) is 0 Å². The van der Waals surface area contributed by atoms with E-state index in [1.54, 1.807) is 12.0 Å². The molecule has 2 N–H and O–H groups in total. The van der Waals surface area contributed by atoms with Gasteiger partial charge < -0.3 is 15.0 Å². The maximum atomic E-state index is 12.4. The lowest BCUT2D eigenvalue weighted by Gasteiger charge is -2.17. The smallest absolute Gasteiger partial charge is 0.321 e. The Morgan fingerprint density at radius 2 is 2.04 bits per heavy atom. The van der Waals surface area contributed by atoms with Crippen LogP contribution in [0.25, 0.3) is 10.2 Å². The summed E-state index contributed by atoms with van der Waals surface area (Å²) in [4.78, 5) is 30.9. The summed E-state index contributed by atoms with van der Waals surface area (Å²) < 4.78 is 6.17. The molecule has 1 saturated heterocycles. The van der Waals surface area contributed by atoms with Gasteiger partial charge in [0.1, 0.15) is 5.75 Å². The van der Waals surface area contributed by atoms with Crippen LogP contribution >= 0.6 is 11.3 Å². The Balaban J connectivity index is 1.39. The van der Waals surface area contributed by atoms with Crippen molar-refractivity contribution < 1.29 is 14.3 Å². The molecule has 0 aliphatic carbocycles. The first-order valence-corrected chi connectivity index (χ1v) is 9.73. The Labute approximate surface area is 166 Å². The Bertz CT molecular complexity index is 1030. The molecule has 4 rings (SSSR count). The maximum Gasteiger partial charge on any atom is 0.321 e. The lowest BCUT2D eigenvalue weighted by Crippen LogP contribution is -2.39. The number of urea groups is 1. The van der Waals surface area contributed by atoms with Crippen LogP contribution in [0.3, 0.4) is 0 Å². The summed E-state index contributed by atoms with van der Waals surface area (Å²) in [6.07, 6.45) is 0.262. The molecule has 1 aliphatic rings. The minimum Gasteiger partial charge on any atom is -0.497 e. The average molecular weight is 396 g/mol. The Hall–Kier alpha value is -3.13. The second-order valence-electron chi connectivity index (χ2n) is 6.64. The topological polar surface area (TPSA) is 83.6 Å². The van der Waals surface area contributed by atoms with Gasteiger partial charge in [-0.1, -0.05) is 23.5 Å². The standard InChI is InChI=1S/C20H20N4O3S/c1-12-4-3-5-16-18(12)22-20(28-16)23-19(26)21-13-10-17(25)24(11-13)14-6-8-15(27-2)9-7-14/h3-9,13H,10-11H2,1-2H3,(H2,21,22,23,26)/t13-/m0/s1. The van der Waals surface area contributed by atoms with Crippen molar-refractivity contribution >= 4 is 44.3 Å². The van der Waals surface area contributed by atoms with Gasteiger partial charge in [0.15, 0.2) is 5.13 Å². The highest BCUT2D eigenvalue weighted by atomic mass is 32.1. The summed E-state index contributed by atoms with van der Waals surface area (Å²) in [6, 6.07) is 12.6. The van der Waals surface area contributed by atoms with Gasteiger partial charge in [-0.05, 0) is 42.8 Å². The van der Waals surface area contributed by atoms with Crippen LogP contribution in [-0.4, -0.2) is 36.6 Å². The molecule has 1 fully saturated rings. The van der Waals surface area contributed by atoms with E-state index in [1.165, 1.54) is 11.3 Å². The minimum absolute atomic E-state index is 0.0221. The molecule has 3 amide bonds. The molecule has 0 spiro atoms. The predicted molar refractivity (Wildman–Crippen MR) is 110 cm³/mol. The summed E-state index contributed by atoms with van der Waals surface area (Å²) in [7, 11) is 1.60. The number of aromatic nitrogens is 1. The number of para-hydroxylation sites is 1. The van der Waals surface area contributed by atoms with E-state index in [1.807, 2.05) is 49.4 Å². The number of nitrogens with one attached hydrogen (secondary N) is 2. The number of fused-ring (bicyclic) bond motifs is 1.